The fraction of sp³-hybridized carbons (Fsp3) is 0.333. The summed E-state index contributed by atoms with van der Waals surface area (Å²) in [5.41, 5.74) is 2.22. The third-order valence-corrected chi connectivity index (χ3v) is 6.74. The third-order valence-electron chi connectivity index (χ3n) is 5.64. The molecule has 9 nitrogen and oxygen atoms in total. The van der Waals surface area contributed by atoms with E-state index in [2.05, 4.69) is 5.16 Å². The highest BCUT2D eigenvalue weighted by molar-refractivity contribution is 7.98. The Bertz CT molecular complexity index is 1150. The predicted octanol–water partition coefficient (Wildman–Crippen LogP) is 3.32. The minimum absolute atomic E-state index is 0.200. The Morgan fingerprint density at radius 3 is 2.44 bits per heavy atom. The largest absolute Gasteiger partial charge is 0.459 e. The first-order valence-electron chi connectivity index (χ1n) is 10.9. The Kier molecular flexibility index (Phi) is 7.36. The van der Waals surface area contributed by atoms with Crippen LogP contribution in [0, 0.1) is 13.8 Å². The summed E-state index contributed by atoms with van der Waals surface area (Å²) in [6.45, 7) is 4.90. The lowest BCUT2D eigenvalue weighted by atomic mass is 10.2. The summed E-state index contributed by atoms with van der Waals surface area (Å²) in [6, 6.07) is 10.4. The molecule has 1 aliphatic rings. The number of hydrogen-bond donors (Lipinski definition) is 0. The molecule has 0 N–H and O–H groups in total. The van der Waals surface area contributed by atoms with Gasteiger partial charge in [-0.15, -0.1) is 11.8 Å². The number of piperazine rings is 1. The highest BCUT2D eigenvalue weighted by Gasteiger charge is 2.27. The van der Waals surface area contributed by atoms with Crippen molar-refractivity contribution in [2.24, 2.45) is 0 Å². The molecule has 1 fully saturated rings. The Morgan fingerprint density at radius 1 is 1.03 bits per heavy atom. The molecule has 3 heterocycles. The first-order valence-corrected chi connectivity index (χ1v) is 11.8. The van der Waals surface area contributed by atoms with Gasteiger partial charge in [-0.1, -0.05) is 17.3 Å². The van der Waals surface area contributed by atoms with E-state index in [9.17, 15) is 14.4 Å². The van der Waals surface area contributed by atoms with E-state index in [4.69, 9.17) is 13.7 Å². The normalized spacial score (nSPS) is 13.7. The van der Waals surface area contributed by atoms with Crippen LogP contribution >= 0.6 is 11.8 Å². The van der Waals surface area contributed by atoms with Gasteiger partial charge in [0.15, 0.2) is 12.4 Å². The number of rotatable bonds is 7. The number of nitrogens with zero attached hydrogens (tertiary/aromatic N) is 3. The Morgan fingerprint density at radius 2 is 1.76 bits per heavy atom. The maximum atomic E-state index is 12.7. The van der Waals surface area contributed by atoms with Crippen LogP contribution in [0.3, 0.4) is 0 Å². The molecule has 10 heteroatoms. The number of esters is 1. The Balaban J connectivity index is 1.28. The van der Waals surface area contributed by atoms with E-state index in [1.165, 1.54) is 18.0 Å². The SMILES string of the molecule is Cc1noc(C)c1CSc1ccccc1C(=O)OCC(=O)N1CCN(C(=O)c2ccco2)CC1. The molecule has 0 saturated carbocycles. The van der Waals surface area contributed by atoms with E-state index in [1.807, 2.05) is 26.0 Å². The number of aryl methyl sites for hydroxylation is 2. The minimum Gasteiger partial charge on any atom is -0.459 e. The van der Waals surface area contributed by atoms with Gasteiger partial charge < -0.3 is 23.5 Å². The number of furan rings is 1. The standard InChI is InChI=1S/C24H25N3O6S/c1-16-19(17(2)33-25-16)15-34-21-8-4-3-6-18(21)24(30)32-14-22(28)26-9-11-27(12-10-26)23(29)20-7-5-13-31-20/h3-8,13H,9-12,14-15H2,1-2H3. The topological polar surface area (TPSA) is 106 Å². The number of hydrogen-bond acceptors (Lipinski definition) is 8. The van der Waals surface area contributed by atoms with Crippen LogP contribution in [0.2, 0.25) is 0 Å². The van der Waals surface area contributed by atoms with Gasteiger partial charge in [0.25, 0.3) is 11.8 Å². The summed E-state index contributed by atoms with van der Waals surface area (Å²) in [5.74, 6) is 0.586. The van der Waals surface area contributed by atoms with E-state index >= 15 is 0 Å². The molecule has 0 bridgehead atoms. The summed E-state index contributed by atoms with van der Waals surface area (Å²) >= 11 is 1.48. The van der Waals surface area contributed by atoms with E-state index in [0.717, 1.165) is 21.9 Å². The van der Waals surface area contributed by atoms with Crippen molar-refractivity contribution in [3.05, 3.63) is 71.0 Å². The Hall–Kier alpha value is -3.53. The maximum absolute atomic E-state index is 12.7. The second-order valence-electron chi connectivity index (χ2n) is 7.81. The Labute approximate surface area is 201 Å². The van der Waals surface area contributed by atoms with Gasteiger partial charge in [-0.25, -0.2) is 4.79 Å². The lowest BCUT2D eigenvalue weighted by Crippen LogP contribution is -2.51. The molecule has 1 aliphatic heterocycles. The number of thioether (sulfide) groups is 1. The highest BCUT2D eigenvalue weighted by Crippen LogP contribution is 2.29. The molecule has 0 aliphatic carbocycles. The van der Waals surface area contributed by atoms with E-state index in [-0.39, 0.29) is 24.2 Å². The van der Waals surface area contributed by atoms with Crippen LogP contribution in [-0.2, 0) is 15.3 Å². The van der Waals surface area contributed by atoms with Crippen molar-refractivity contribution >= 4 is 29.5 Å². The van der Waals surface area contributed by atoms with Crippen LogP contribution in [-0.4, -0.2) is 65.5 Å². The molecule has 1 aromatic carbocycles. The van der Waals surface area contributed by atoms with Gasteiger partial charge in [-0.2, -0.15) is 0 Å². The predicted molar refractivity (Wildman–Crippen MR) is 123 cm³/mol. The van der Waals surface area contributed by atoms with Gasteiger partial charge >= 0.3 is 5.97 Å². The van der Waals surface area contributed by atoms with E-state index in [1.54, 1.807) is 34.1 Å². The first kappa shape index (κ1) is 23.6. The van der Waals surface area contributed by atoms with Crippen LogP contribution in [0.15, 0.2) is 56.5 Å². The van der Waals surface area contributed by atoms with Crippen LogP contribution in [0.4, 0.5) is 0 Å². The first-order chi connectivity index (χ1) is 16.4. The molecule has 2 aromatic heterocycles. The number of benzene rings is 1. The van der Waals surface area contributed by atoms with Gasteiger partial charge in [-0.05, 0) is 38.1 Å². The van der Waals surface area contributed by atoms with Crippen molar-refractivity contribution in [3.8, 4) is 0 Å². The molecule has 3 aromatic rings. The molecule has 0 spiro atoms. The number of carbonyl (C=O) groups excluding carboxylic acids is 3. The van der Waals surface area contributed by atoms with Crippen molar-refractivity contribution < 1.29 is 28.1 Å². The van der Waals surface area contributed by atoms with Gasteiger partial charge in [0.05, 0.1) is 17.5 Å². The van der Waals surface area contributed by atoms with Crippen LogP contribution in [0.5, 0.6) is 0 Å². The van der Waals surface area contributed by atoms with Gasteiger partial charge in [0, 0.05) is 42.4 Å². The zero-order valence-corrected chi connectivity index (χ0v) is 19.8. The fourth-order valence-electron chi connectivity index (χ4n) is 3.63. The molecule has 4 rings (SSSR count). The lowest BCUT2D eigenvalue weighted by Gasteiger charge is -2.34. The average molecular weight is 484 g/mol. The van der Waals surface area contributed by atoms with Crippen LogP contribution in [0.1, 0.15) is 37.9 Å². The number of carbonyl (C=O) groups is 3. The minimum atomic E-state index is -0.554. The molecular weight excluding hydrogens is 458 g/mol. The molecular formula is C24H25N3O6S. The molecule has 0 radical (unpaired) electrons. The zero-order chi connectivity index (χ0) is 24.1. The van der Waals surface area contributed by atoms with Gasteiger partial charge in [0.2, 0.25) is 0 Å². The number of aromatic nitrogens is 1. The fourth-order valence-corrected chi connectivity index (χ4v) is 4.82. The van der Waals surface area contributed by atoms with Crippen molar-refractivity contribution in [1.82, 2.24) is 15.0 Å². The number of ether oxygens (including phenoxy) is 1. The second kappa shape index (κ2) is 10.6. The third kappa shape index (κ3) is 5.33. The van der Waals surface area contributed by atoms with Gasteiger partial charge in [-0.3, -0.25) is 9.59 Å². The summed E-state index contributed by atoms with van der Waals surface area (Å²) in [4.78, 5) is 41.6. The monoisotopic (exact) mass is 483 g/mol. The van der Waals surface area contributed by atoms with E-state index in [0.29, 0.717) is 37.5 Å². The summed E-state index contributed by atoms with van der Waals surface area (Å²) in [7, 11) is 0. The van der Waals surface area contributed by atoms with Crippen molar-refractivity contribution in [2.45, 2.75) is 24.5 Å². The second-order valence-corrected chi connectivity index (χ2v) is 8.83. The van der Waals surface area contributed by atoms with Crippen LogP contribution in [0.25, 0.3) is 0 Å². The summed E-state index contributed by atoms with van der Waals surface area (Å²) in [6.07, 6.45) is 1.45. The highest BCUT2D eigenvalue weighted by atomic mass is 32.2. The van der Waals surface area contributed by atoms with Crippen molar-refractivity contribution in [1.29, 1.82) is 0 Å². The lowest BCUT2D eigenvalue weighted by molar-refractivity contribution is -0.136. The zero-order valence-electron chi connectivity index (χ0n) is 19.0. The van der Waals surface area contributed by atoms with Crippen LogP contribution < -0.4 is 0 Å². The quantitative estimate of drug-likeness (QED) is 0.372. The average Bonchev–Trinajstić information content (AvgIpc) is 3.51. The summed E-state index contributed by atoms with van der Waals surface area (Å²) in [5, 5.41) is 3.96. The molecule has 2 amide bonds. The molecule has 0 unspecified atom stereocenters. The molecule has 34 heavy (non-hydrogen) atoms. The maximum Gasteiger partial charge on any atom is 0.339 e. The summed E-state index contributed by atoms with van der Waals surface area (Å²) < 4.78 is 15.7. The number of amides is 2. The molecule has 1 saturated heterocycles. The molecule has 178 valence electrons. The van der Waals surface area contributed by atoms with Crippen molar-refractivity contribution in [2.75, 3.05) is 32.8 Å². The molecule has 0 atom stereocenters. The van der Waals surface area contributed by atoms with E-state index < -0.39 is 5.97 Å². The van der Waals surface area contributed by atoms with Crippen molar-refractivity contribution in [3.63, 3.8) is 0 Å². The van der Waals surface area contributed by atoms with Gasteiger partial charge in [0.1, 0.15) is 5.76 Å². The smallest absolute Gasteiger partial charge is 0.339 e.